The van der Waals surface area contributed by atoms with Crippen molar-refractivity contribution in [2.24, 2.45) is 0 Å². The molecule has 3 nitrogen and oxygen atoms in total. The third-order valence-corrected chi connectivity index (χ3v) is 3.31. The van der Waals surface area contributed by atoms with Crippen molar-refractivity contribution in [2.45, 2.75) is 0 Å². The molecule has 0 unspecified atom stereocenters. The molecule has 20 heavy (non-hydrogen) atoms. The van der Waals surface area contributed by atoms with E-state index in [0.717, 1.165) is 6.07 Å². The Morgan fingerprint density at radius 2 is 2.00 bits per heavy atom. The molecule has 104 valence electrons. The van der Waals surface area contributed by atoms with Gasteiger partial charge in [-0.05, 0) is 40.2 Å². The number of rotatable bonds is 4. The summed E-state index contributed by atoms with van der Waals surface area (Å²) in [5.41, 5.74) is 0.315. The van der Waals surface area contributed by atoms with Crippen LogP contribution in [0.3, 0.4) is 0 Å². The first-order valence-electron chi connectivity index (χ1n) is 5.68. The van der Waals surface area contributed by atoms with Crippen molar-refractivity contribution in [3.8, 4) is 5.75 Å². The van der Waals surface area contributed by atoms with Crippen LogP contribution in [-0.2, 0) is 4.79 Å². The van der Waals surface area contributed by atoms with Crippen LogP contribution in [0.1, 0.15) is 0 Å². The zero-order valence-corrected chi connectivity index (χ0v) is 12.5. The fraction of sp³-hybridized carbons (Fsp3) is 0.0714. The summed E-state index contributed by atoms with van der Waals surface area (Å²) in [5, 5.41) is 2.68. The summed E-state index contributed by atoms with van der Waals surface area (Å²) in [6.07, 6.45) is 0. The van der Waals surface area contributed by atoms with Crippen molar-refractivity contribution in [3.63, 3.8) is 0 Å². The van der Waals surface area contributed by atoms with Crippen LogP contribution in [0.5, 0.6) is 5.75 Å². The lowest BCUT2D eigenvalue weighted by Gasteiger charge is -2.10. The molecule has 0 radical (unpaired) electrons. The number of nitrogens with one attached hydrogen (secondary N) is 1. The van der Waals surface area contributed by atoms with Crippen LogP contribution in [0.25, 0.3) is 0 Å². The third-order valence-electron chi connectivity index (χ3n) is 2.38. The van der Waals surface area contributed by atoms with Gasteiger partial charge in [0.2, 0.25) is 0 Å². The molecule has 0 spiro atoms. The Morgan fingerprint density at radius 1 is 1.30 bits per heavy atom. The van der Waals surface area contributed by atoms with Crippen LogP contribution in [-0.4, -0.2) is 12.5 Å². The Balaban J connectivity index is 1.98. The second kappa shape index (κ2) is 6.72. The highest BCUT2D eigenvalue weighted by molar-refractivity contribution is 9.10. The van der Waals surface area contributed by atoms with Gasteiger partial charge in [0.1, 0.15) is 11.6 Å². The molecule has 0 saturated heterocycles. The molecule has 0 aliphatic carbocycles. The van der Waals surface area contributed by atoms with Gasteiger partial charge in [-0.25, -0.2) is 4.39 Å². The molecule has 0 aromatic heterocycles. The summed E-state index contributed by atoms with van der Waals surface area (Å²) in [6.45, 7) is -0.163. The van der Waals surface area contributed by atoms with Gasteiger partial charge in [0.15, 0.2) is 6.61 Å². The zero-order valence-electron chi connectivity index (χ0n) is 10.2. The summed E-state index contributed by atoms with van der Waals surface area (Å²) < 4.78 is 18.7. The first-order chi connectivity index (χ1) is 9.56. The van der Waals surface area contributed by atoms with E-state index >= 15 is 0 Å². The van der Waals surface area contributed by atoms with Gasteiger partial charge < -0.3 is 10.1 Å². The van der Waals surface area contributed by atoms with Crippen molar-refractivity contribution >= 4 is 39.1 Å². The molecule has 0 aliphatic rings. The number of halogens is 3. The maximum Gasteiger partial charge on any atom is 0.262 e. The largest absolute Gasteiger partial charge is 0.484 e. The molecule has 6 heteroatoms. The Kier molecular flexibility index (Phi) is 4.98. The first-order valence-corrected chi connectivity index (χ1v) is 6.85. The molecule has 1 N–H and O–H groups in total. The van der Waals surface area contributed by atoms with E-state index in [1.807, 2.05) is 6.07 Å². The molecule has 2 aromatic rings. The number of amides is 1. The number of carbonyl (C=O) groups excluding carboxylic acids is 1. The van der Waals surface area contributed by atoms with Gasteiger partial charge >= 0.3 is 0 Å². The first kappa shape index (κ1) is 14.8. The monoisotopic (exact) mass is 357 g/mol. The Morgan fingerprint density at radius 3 is 2.65 bits per heavy atom. The molecule has 0 aliphatic heterocycles. The second-order valence-electron chi connectivity index (χ2n) is 3.89. The highest BCUT2D eigenvalue weighted by Crippen LogP contribution is 2.31. The maximum absolute atomic E-state index is 13.1. The van der Waals surface area contributed by atoms with E-state index in [4.69, 9.17) is 16.3 Å². The Hall–Kier alpha value is -1.59. The second-order valence-corrected chi connectivity index (χ2v) is 5.16. The molecule has 2 rings (SSSR count). The van der Waals surface area contributed by atoms with Gasteiger partial charge in [0, 0.05) is 4.47 Å². The van der Waals surface area contributed by atoms with Gasteiger partial charge in [-0.2, -0.15) is 0 Å². The smallest absolute Gasteiger partial charge is 0.262 e. The SMILES string of the molecule is O=C(COc1ccccc1)Nc1c(Cl)cc(F)cc1Br. The number of hydrogen-bond acceptors (Lipinski definition) is 2. The minimum atomic E-state index is -0.486. The molecule has 0 fully saturated rings. The fourth-order valence-electron chi connectivity index (χ4n) is 1.50. The summed E-state index contributed by atoms with van der Waals surface area (Å²) in [7, 11) is 0. The molecular formula is C14H10BrClFNO2. The lowest BCUT2D eigenvalue weighted by Crippen LogP contribution is -2.20. The lowest BCUT2D eigenvalue weighted by molar-refractivity contribution is -0.118. The van der Waals surface area contributed by atoms with Gasteiger partial charge in [0.05, 0.1) is 10.7 Å². The van der Waals surface area contributed by atoms with E-state index in [1.54, 1.807) is 24.3 Å². The number of para-hydroxylation sites is 1. The van der Waals surface area contributed by atoms with E-state index < -0.39 is 5.82 Å². The molecule has 0 heterocycles. The highest BCUT2D eigenvalue weighted by Gasteiger charge is 2.11. The summed E-state index contributed by atoms with van der Waals surface area (Å²) >= 11 is 9.01. The maximum atomic E-state index is 13.1. The van der Waals surface area contributed by atoms with Gasteiger partial charge in [-0.3, -0.25) is 4.79 Å². The van der Waals surface area contributed by atoms with Crippen molar-refractivity contribution in [1.29, 1.82) is 0 Å². The molecule has 0 bridgehead atoms. The number of anilines is 1. The summed E-state index contributed by atoms with van der Waals surface area (Å²) in [5.74, 6) is -0.282. The fourth-order valence-corrected chi connectivity index (χ4v) is 2.40. The topological polar surface area (TPSA) is 38.3 Å². The standard InChI is InChI=1S/C14H10BrClFNO2/c15-11-6-9(17)7-12(16)14(11)18-13(19)8-20-10-4-2-1-3-5-10/h1-7H,8H2,(H,18,19). The van der Waals surface area contributed by atoms with Crippen LogP contribution in [0.4, 0.5) is 10.1 Å². The van der Waals surface area contributed by atoms with E-state index in [2.05, 4.69) is 21.2 Å². The molecule has 0 saturated carbocycles. The van der Waals surface area contributed by atoms with Crippen LogP contribution in [0, 0.1) is 5.82 Å². The lowest BCUT2D eigenvalue weighted by atomic mass is 10.3. The average molecular weight is 359 g/mol. The minimum Gasteiger partial charge on any atom is -0.484 e. The highest BCUT2D eigenvalue weighted by atomic mass is 79.9. The Bertz CT molecular complexity index is 599. The van der Waals surface area contributed by atoms with Gasteiger partial charge in [0.25, 0.3) is 5.91 Å². The predicted molar refractivity (Wildman–Crippen MR) is 79.7 cm³/mol. The van der Waals surface area contributed by atoms with E-state index in [0.29, 0.717) is 15.9 Å². The van der Waals surface area contributed by atoms with Crippen molar-refractivity contribution in [1.82, 2.24) is 0 Å². The van der Waals surface area contributed by atoms with Gasteiger partial charge in [-0.15, -0.1) is 0 Å². The van der Waals surface area contributed by atoms with E-state index in [1.165, 1.54) is 6.07 Å². The zero-order chi connectivity index (χ0) is 14.5. The molecule has 1 amide bonds. The van der Waals surface area contributed by atoms with Crippen LogP contribution < -0.4 is 10.1 Å². The number of hydrogen-bond donors (Lipinski definition) is 1. The van der Waals surface area contributed by atoms with Crippen LogP contribution >= 0.6 is 27.5 Å². The van der Waals surface area contributed by atoms with Crippen LogP contribution in [0.15, 0.2) is 46.9 Å². The number of benzene rings is 2. The minimum absolute atomic E-state index is 0.116. The van der Waals surface area contributed by atoms with Crippen molar-refractivity contribution < 1.29 is 13.9 Å². The molecule has 0 atom stereocenters. The normalized spacial score (nSPS) is 10.2. The summed E-state index contributed by atoms with van der Waals surface area (Å²) in [4.78, 5) is 11.8. The van der Waals surface area contributed by atoms with Gasteiger partial charge in [-0.1, -0.05) is 29.8 Å². The molecular weight excluding hydrogens is 349 g/mol. The third kappa shape index (κ3) is 3.95. The average Bonchev–Trinajstić information content (AvgIpc) is 2.42. The Labute approximate surface area is 128 Å². The van der Waals surface area contributed by atoms with Crippen molar-refractivity contribution in [3.05, 3.63) is 57.8 Å². The quantitative estimate of drug-likeness (QED) is 0.887. The van der Waals surface area contributed by atoms with Crippen LogP contribution in [0.2, 0.25) is 5.02 Å². The number of carbonyl (C=O) groups is 1. The predicted octanol–water partition coefficient (Wildman–Crippen LogP) is 4.26. The summed E-state index contributed by atoms with van der Waals surface area (Å²) in [6, 6.07) is 11.3. The van der Waals surface area contributed by atoms with E-state index in [9.17, 15) is 9.18 Å². The molecule has 2 aromatic carbocycles. The van der Waals surface area contributed by atoms with E-state index in [-0.39, 0.29) is 17.5 Å². The van der Waals surface area contributed by atoms with Crippen molar-refractivity contribution in [2.75, 3.05) is 11.9 Å². The number of ether oxygens (including phenoxy) is 1.